The predicted molar refractivity (Wildman–Crippen MR) is 316 cm³/mol. The Bertz CT molecular complexity index is 2540. The number of nitrogens with zero attached hydrogens (tertiary/aromatic N) is 3. The van der Waals surface area contributed by atoms with Gasteiger partial charge in [-0.1, -0.05) is 38.9 Å². The average Bonchev–Trinajstić information content (AvgIpc) is 3.26. The summed E-state index contributed by atoms with van der Waals surface area (Å²) in [5, 5.41) is 42.5. The van der Waals surface area contributed by atoms with E-state index in [4.69, 9.17) is 21.0 Å². The Labute approximate surface area is 503 Å². The van der Waals surface area contributed by atoms with E-state index in [2.05, 4.69) is 42.4 Å². The van der Waals surface area contributed by atoms with Crippen LogP contribution in [0.3, 0.4) is 0 Å². The molecule has 4 heterocycles. The molecular formula is C56H86N12O15S2. The Morgan fingerprint density at radius 3 is 1.85 bits per heavy atom. The Morgan fingerprint density at radius 2 is 1.25 bits per heavy atom. The second-order valence-electron chi connectivity index (χ2n) is 22.4. The predicted octanol–water partition coefficient (Wildman–Crippen LogP) is -0.719. The second kappa shape index (κ2) is 35.0. The Morgan fingerprint density at radius 1 is 0.671 bits per heavy atom. The fourth-order valence-corrected chi connectivity index (χ4v) is 12.2. The number of hydrogen-bond donors (Lipinski definition) is 11. The second-order valence-corrected chi connectivity index (χ2v) is 24.5. The van der Waals surface area contributed by atoms with Gasteiger partial charge in [0.05, 0.1) is 19.6 Å². The van der Waals surface area contributed by atoms with Crippen molar-refractivity contribution < 1.29 is 72.5 Å². The summed E-state index contributed by atoms with van der Waals surface area (Å²) >= 11 is 2.55. The maximum Gasteiger partial charge on any atom is 0.305 e. The van der Waals surface area contributed by atoms with Gasteiger partial charge >= 0.3 is 5.97 Å². The molecule has 2 saturated heterocycles. The molecule has 1 aromatic rings. The summed E-state index contributed by atoms with van der Waals surface area (Å²) in [6.07, 6.45) is 5.02. The molecule has 29 heteroatoms. The maximum absolute atomic E-state index is 15.0. The molecule has 5 rings (SSSR count). The molecule has 0 aromatic heterocycles. The molecule has 4 bridgehead atoms. The number of carbonyl (C=O) groups excluding carboxylic acids is 10. The minimum atomic E-state index is -1.78. The molecule has 0 saturated carbocycles. The van der Waals surface area contributed by atoms with E-state index < -0.39 is 138 Å². The number of aliphatic hydroxyl groups is 1. The smallest absolute Gasteiger partial charge is 0.305 e. The summed E-state index contributed by atoms with van der Waals surface area (Å²) in [5.41, 5.74) is 13.1. The van der Waals surface area contributed by atoms with Gasteiger partial charge < -0.3 is 78.3 Å². The third-order valence-corrected chi connectivity index (χ3v) is 16.9. The van der Waals surface area contributed by atoms with Gasteiger partial charge in [0.2, 0.25) is 53.2 Å². The number of primary amides is 1. The number of unbranched alkanes of at least 4 members (excludes halogenated alkanes) is 1. The largest absolute Gasteiger partial charge is 0.494 e. The monoisotopic (exact) mass is 1230 g/mol. The van der Waals surface area contributed by atoms with E-state index in [0.29, 0.717) is 57.4 Å². The zero-order valence-electron chi connectivity index (χ0n) is 48.9. The molecule has 0 radical (unpaired) electrons. The van der Waals surface area contributed by atoms with Crippen LogP contribution >= 0.6 is 23.5 Å². The molecular weight excluding hydrogens is 1140 g/mol. The van der Waals surface area contributed by atoms with Gasteiger partial charge in [-0.2, -0.15) is 23.5 Å². The summed E-state index contributed by atoms with van der Waals surface area (Å²) in [6.45, 7) is 6.91. The number of amides is 10. The standard InChI is InChI=1S/C56H86N12O15S2/c1-32(2)21-38-50(75)61-39(25-46(71)72)51(76)66-47(33(3)4)56(81)68-18-12-15-44(68)54(79)63-40(27-69)52(77)64-41(48(58)73)30-84-28-34-22-35-24-36(23-34)82-19-9-5-6-10-20-83-59-26-45(70)60-37(13-7-8-16-57)49(74)65-42(31-85-29-35)55(80)67-17-11-14-43(67)53(78)62-38/h22-24,26,32-33,37-44,47,69H,5-21,25,27-31,57H2,1-4H3,(H2,58,73)(H,60,70)(H,61,75)(H,62,78)(H,63,79)(H,64,77)(H,65,74)(H,66,76)(H,71,72)/b59-26+/t37-,38-,39-,40-,41-,42-,43-,44-,47?/m0/s1. The van der Waals surface area contributed by atoms with Crippen LogP contribution in [-0.4, -0.2) is 197 Å². The van der Waals surface area contributed by atoms with Crippen LogP contribution < -0.4 is 53.4 Å². The Balaban J connectivity index is 1.56. The number of hydrogen-bond acceptors (Lipinski definition) is 18. The molecule has 0 aliphatic carbocycles. The zero-order valence-corrected chi connectivity index (χ0v) is 50.6. The highest BCUT2D eigenvalue weighted by atomic mass is 32.2. The first-order valence-electron chi connectivity index (χ1n) is 29.2. The molecule has 1 aromatic carbocycles. The lowest BCUT2D eigenvalue weighted by molar-refractivity contribution is -0.144. The molecule has 13 N–H and O–H groups in total. The molecule has 85 heavy (non-hydrogen) atoms. The molecule has 4 aliphatic rings. The molecule has 0 spiro atoms. The fourth-order valence-electron chi connectivity index (χ4n) is 10.2. The number of aliphatic hydroxyl groups excluding tert-OH is 1. The first-order chi connectivity index (χ1) is 40.6. The lowest BCUT2D eigenvalue weighted by Crippen LogP contribution is -2.61. The van der Waals surface area contributed by atoms with Crippen molar-refractivity contribution in [2.24, 2.45) is 28.5 Å². The number of rotatable bonds is 11. The zero-order chi connectivity index (χ0) is 62.2. The van der Waals surface area contributed by atoms with Gasteiger partial charge in [-0.15, -0.1) is 0 Å². The van der Waals surface area contributed by atoms with Crippen LogP contribution in [0.4, 0.5) is 0 Å². The number of ether oxygens (including phenoxy) is 1. The normalized spacial score (nSPS) is 27.1. The lowest BCUT2D eigenvalue weighted by atomic mass is 10.00. The van der Waals surface area contributed by atoms with Gasteiger partial charge in [-0.3, -0.25) is 52.7 Å². The van der Waals surface area contributed by atoms with Gasteiger partial charge in [0.1, 0.15) is 72.9 Å². The number of nitrogens with one attached hydrogen (secondary N) is 7. The molecule has 2 fully saturated rings. The number of fused-ring (bicyclic) bond motifs is 7. The van der Waals surface area contributed by atoms with Crippen LogP contribution in [0.25, 0.3) is 0 Å². The van der Waals surface area contributed by atoms with Crippen molar-refractivity contribution >= 4 is 94.8 Å². The van der Waals surface area contributed by atoms with Gasteiger partial charge in [0, 0.05) is 36.1 Å². The minimum Gasteiger partial charge on any atom is -0.494 e. The number of thioether (sulfide) groups is 2. The van der Waals surface area contributed by atoms with Crippen LogP contribution in [0.1, 0.15) is 122 Å². The number of aliphatic carboxylic acids is 1. The van der Waals surface area contributed by atoms with Crippen molar-refractivity contribution in [2.45, 2.75) is 177 Å². The number of carbonyl (C=O) groups is 11. The van der Waals surface area contributed by atoms with E-state index in [1.165, 1.54) is 33.3 Å². The average molecular weight is 1230 g/mol. The maximum atomic E-state index is 15.0. The molecule has 472 valence electrons. The number of benzene rings is 1. The van der Waals surface area contributed by atoms with Gasteiger partial charge in [-0.25, -0.2) is 0 Å². The summed E-state index contributed by atoms with van der Waals surface area (Å²) in [6, 6.07) is -6.52. The number of nitrogens with two attached hydrogens (primary N) is 2. The van der Waals surface area contributed by atoms with Crippen molar-refractivity contribution in [3.63, 3.8) is 0 Å². The first-order valence-corrected chi connectivity index (χ1v) is 31.5. The van der Waals surface area contributed by atoms with Gasteiger partial charge in [0.25, 0.3) is 5.91 Å². The van der Waals surface area contributed by atoms with Crippen LogP contribution in [0, 0.1) is 11.8 Å². The van der Waals surface area contributed by atoms with Crippen molar-refractivity contribution in [3.05, 3.63) is 29.3 Å². The van der Waals surface area contributed by atoms with Gasteiger partial charge in [0.15, 0.2) is 0 Å². The fraction of sp³-hybridized carbons (Fsp3) is 0.679. The number of oxime groups is 1. The van der Waals surface area contributed by atoms with Crippen molar-refractivity contribution in [1.82, 2.24) is 47.0 Å². The SMILES string of the molecule is CC(C)C[C@@H]1NC(=O)[C@@H]2CCCN2C(=O)[C@@H]2CSCc3cc(cc(c3)OCCCCCCO/N=C/C(=O)N[C@@H](CCCCN)C(=O)N2)CSC[C@@H](C(N)=O)NC(=O)[C@H](CO)NC(=O)[C@@H]2CCCN2C(=O)C(C(C)C)NC(=O)[C@H](CC(=O)O)NC1=O. The Hall–Kier alpha value is -6.72. The van der Waals surface area contributed by atoms with E-state index in [9.17, 15) is 58.2 Å². The summed E-state index contributed by atoms with van der Waals surface area (Å²) in [5.74, 6) is -9.46. The van der Waals surface area contributed by atoms with E-state index >= 15 is 4.79 Å². The highest BCUT2D eigenvalue weighted by Gasteiger charge is 2.43. The van der Waals surface area contributed by atoms with Crippen LogP contribution in [0.15, 0.2) is 23.4 Å². The van der Waals surface area contributed by atoms with Crippen molar-refractivity contribution in [2.75, 3.05) is 51.0 Å². The van der Waals surface area contributed by atoms with Crippen LogP contribution in [0.2, 0.25) is 0 Å². The summed E-state index contributed by atoms with van der Waals surface area (Å²) in [4.78, 5) is 160. The number of carboxylic acids is 1. The molecule has 4 aliphatic heterocycles. The lowest BCUT2D eigenvalue weighted by Gasteiger charge is -2.32. The van der Waals surface area contributed by atoms with Gasteiger partial charge in [-0.05, 0) is 119 Å². The summed E-state index contributed by atoms with van der Waals surface area (Å²) in [7, 11) is 0. The first kappa shape index (κ1) is 69.1. The highest BCUT2D eigenvalue weighted by Crippen LogP contribution is 2.27. The van der Waals surface area contributed by atoms with E-state index in [1.807, 2.05) is 18.2 Å². The topological polar surface area (TPSA) is 402 Å². The van der Waals surface area contributed by atoms with E-state index in [0.717, 1.165) is 30.2 Å². The van der Waals surface area contributed by atoms with Crippen LogP contribution in [0.5, 0.6) is 5.75 Å². The molecule has 10 amide bonds. The quantitative estimate of drug-likeness (QED) is 0.122. The molecule has 9 atom stereocenters. The summed E-state index contributed by atoms with van der Waals surface area (Å²) < 4.78 is 6.25. The van der Waals surface area contributed by atoms with E-state index in [1.54, 1.807) is 27.7 Å². The molecule has 1 unspecified atom stereocenters. The third-order valence-electron chi connectivity index (χ3n) is 14.7. The number of carboxylic acid groups (broad SMARTS) is 1. The van der Waals surface area contributed by atoms with Crippen LogP contribution in [-0.2, 0) is 69.1 Å². The van der Waals surface area contributed by atoms with E-state index in [-0.39, 0.29) is 74.3 Å². The third kappa shape index (κ3) is 21.9. The van der Waals surface area contributed by atoms with Crippen molar-refractivity contribution in [1.29, 1.82) is 0 Å². The minimum absolute atomic E-state index is 0.00571. The van der Waals surface area contributed by atoms with Crippen molar-refractivity contribution in [3.8, 4) is 5.75 Å². The highest BCUT2D eigenvalue weighted by molar-refractivity contribution is 7.98. The Kier molecular flexibility index (Phi) is 28.5. The molecule has 27 nitrogen and oxygen atoms in total.